The van der Waals surface area contributed by atoms with E-state index in [-0.39, 0.29) is 0 Å². The standard InChI is InChI=1S/C19H19FN2O2/c1-21-18-10-7-13(19(20)22-18)5-3-4-6-16-12-14-11-15(23-2)8-9-17(14)24-16/h4,6-12H,3,5H2,1-2H3,(H,21,22)/b6-4+. The van der Waals surface area contributed by atoms with Crippen molar-refractivity contribution < 1.29 is 13.5 Å². The molecule has 3 aromatic rings. The van der Waals surface area contributed by atoms with Gasteiger partial charge in [-0.05, 0) is 49.2 Å². The number of ether oxygens (including phenoxy) is 1. The Labute approximate surface area is 140 Å². The summed E-state index contributed by atoms with van der Waals surface area (Å²) in [5, 5.41) is 3.81. The molecule has 1 N–H and O–H groups in total. The number of aryl methyl sites for hydroxylation is 1. The molecule has 124 valence electrons. The molecule has 0 bridgehead atoms. The van der Waals surface area contributed by atoms with E-state index < -0.39 is 5.95 Å². The van der Waals surface area contributed by atoms with Gasteiger partial charge in [0.15, 0.2) is 0 Å². The summed E-state index contributed by atoms with van der Waals surface area (Å²) in [6, 6.07) is 11.2. The number of hydrogen-bond donors (Lipinski definition) is 1. The largest absolute Gasteiger partial charge is 0.497 e. The predicted octanol–water partition coefficient (Wildman–Crippen LogP) is 4.66. The molecule has 0 saturated heterocycles. The highest BCUT2D eigenvalue weighted by Crippen LogP contribution is 2.25. The van der Waals surface area contributed by atoms with Gasteiger partial charge in [0.1, 0.15) is 22.9 Å². The maximum Gasteiger partial charge on any atom is 0.218 e. The zero-order valence-electron chi connectivity index (χ0n) is 13.7. The summed E-state index contributed by atoms with van der Waals surface area (Å²) in [5.74, 6) is 1.67. The summed E-state index contributed by atoms with van der Waals surface area (Å²) in [7, 11) is 3.35. The van der Waals surface area contributed by atoms with E-state index in [0.717, 1.165) is 22.5 Å². The fourth-order valence-corrected chi connectivity index (χ4v) is 2.48. The number of aromatic nitrogens is 1. The van der Waals surface area contributed by atoms with Crippen LogP contribution in [0.15, 0.2) is 46.9 Å². The number of nitrogens with one attached hydrogen (secondary N) is 1. The van der Waals surface area contributed by atoms with E-state index in [2.05, 4.69) is 10.3 Å². The fourth-order valence-electron chi connectivity index (χ4n) is 2.48. The minimum atomic E-state index is -0.425. The van der Waals surface area contributed by atoms with Gasteiger partial charge in [-0.3, -0.25) is 0 Å². The first-order chi connectivity index (χ1) is 11.7. The highest BCUT2D eigenvalue weighted by atomic mass is 19.1. The Bertz CT molecular complexity index is 871. The molecule has 2 heterocycles. The molecule has 3 rings (SSSR count). The number of anilines is 1. The second kappa shape index (κ2) is 7.17. The fraction of sp³-hybridized carbons (Fsp3) is 0.211. The van der Waals surface area contributed by atoms with Crippen LogP contribution in [0.1, 0.15) is 17.7 Å². The minimum Gasteiger partial charge on any atom is -0.497 e. The molecule has 0 radical (unpaired) electrons. The van der Waals surface area contributed by atoms with Crippen LogP contribution in [0, 0.1) is 5.95 Å². The Morgan fingerprint density at radius 3 is 2.88 bits per heavy atom. The van der Waals surface area contributed by atoms with Crippen LogP contribution in [-0.2, 0) is 6.42 Å². The van der Waals surface area contributed by atoms with Gasteiger partial charge in [0.25, 0.3) is 0 Å². The lowest BCUT2D eigenvalue weighted by Crippen LogP contribution is -1.98. The summed E-state index contributed by atoms with van der Waals surface area (Å²) >= 11 is 0. The first kappa shape index (κ1) is 16.1. The molecule has 0 saturated carbocycles. The van der Waals surface area contributed by atoms with Gasteiger partial charge in [-0.1, -0.05) is 12.1 Å². The first-order valence-electron chi connectivity index (χ1n) is 7.77. The van der Waals surface area contributed by atoms with Crippen molar-refractivity contribution in [2.24, 2.45) is 0 Å². The molecule has 0 spiro atoms. The predicted molar refractivity (Wildman–Crippen MR) is 93.9 cm³/mol. The van der Waals surface area contributed by atoms with Crippen molar-refractivity contribution in [1.82, 2.24) is 4.98 Å². The van der Waals surface area contributed by atoms with E-state index in [1.165, 1.54) is 0 Å². The lowest BCUT2D eigenvalue weighted by Gasteiger charge is -2.03. The lowest BCUT2D eigenvalue weighted by atomic mass is 10.1. The second-order valence-corrected chi connectivity index (χ2v) is 5.39. The third-order valence-corrected chi connectivity index (χ3v) is 3.79. The van der Waals surface area contributed by atoms with Gasteiger partial charge in [0.05, 0.1) is 7.11 Å². The van der Waals surface area contributed by atoms with E-state index >= 15 is 0 Å². The smallest absolute Gasteiger partial charge is 0.218 e. The number of nitrogens with zero attached hydrogens (tertiary/aromatic N) is 1. The van der Waals surface area contributed by atoms with E-state index in [0.29, 0.717) is 24.2 Å². The molecule has 24 heavy (non-hydrogen) atoms. The average Bonchev–Trinajstić information content (AvgIpc) is 3.01. The number of pyridine rings is 1. The summed E-state index contributed by atoms with van der Waals surface area (Å²) in [6.45, 7) is 0. The van der Waals surface area contributed by atoms with Crippen molar-refractivity contribution in [3.63, 3.8) is 0 Å². The Morgan fingerprint density at radius 1 is 1.25 bits per heavy atom. The third-order valence-electron chi connectivity index (χ3n) is 3.79. The van der Waals surface area contributed by atoms with E-state index in [1.54, 1.807) is 26.3 Å². The third kappa shape index (κ3) is 3.56. The van der Waals surface area contributed by atoms with Crippen molar-refractivity contribution in [2.45, 2.75) is 12.8 Å². The molecule has 4 nitrogen and oxygen atoms in total. The minimum absolute atomic E-state index is 0.425. The van der Waals surface area contributed by atoms with Gasteiger partial charge < -0.3 is 14.5 Å². The number of furan rings is 1. The SMILES string of the molecule is CNc1ccc(CC/C=C/c2cc3cc(OC)ccc3o2)c(F)n1. The highest BCUT2D eigenvalue weighted by Gasteiger charge is 2.05. The Balaban J connectivity index is 1.64. The number of hydrogen-bond acceptors (Lipinski definition) is 4. The molecule has 0 fully saturated rings. The summed E-state index contributed by atoms with van der Waals surface area (Å²) in [4.78, 5) is 3.84. The van der Waals surface area contributed by atoms with Gasteiger partial charge in [-0.2, -0.15) is 4.39 Å². The van der Waals surface area contributed by atoms with Gasteiger partial charge in [-0.25, -0.2) is 4.98 Å². The van der Waals surface area contributed by atoms with Crippen LogP contribution in [-0.4, -0.2) is 19.1 Å². The van der Waals surface area contributed by atoms with Crippen molar-refractivity contribution >= 4 is 22.9 Å². The molecule has 5 heteroatoms. The molecule has 0 unspecified atom stereocenters. The zero-order chi connectivity index (χ0) is 16.9. The van der Waals surface area contributed by atoms with Gasteiger partial charge in [-0.15, -0.1) is 0 Å². The Kier molecular flexibility index (Phi) is 4.79. The molecule has 2 aromatic heterocycles. The van der Waals surface area contributed by atoms with Gasteiger partial charge in [0, 0.05) is 18.0 Å². The molecule has 0 aliphatic rings. The number of fused-ring (bicyclic) bond motifs is 1. The molecule has 0 amide bonds. The number of methoxy groups -OCH3 is 1. The zero-order valence-corrected chi connectivity index (χ0v) is 13.7. The van der Waals surface area contributed by atoms with Crippen LogP contribution >= 0.6 is 0 Å². The van der Waals surface area contributed by atoms with Crippen LogP contribution in [0.4, 0.5) is 10.2 Å². The summed E-state index contributed by atoms with van der Waals surface area (Å²) in [5.41, 5.74) is 1.42. The monoisotopic (exact) mass is 326 g/mol. The second-order valence-electron chi connectivity index (χ2n) is 5.39. The van der Waals surface area contributed by atoms with Crippen molar-refractivity contribution in [3.8, 4) is 5.75 Å². The maximum absolute atomic E-state index is 13.8. The number of halogens is 1. The van der Waals surface area contributed by atoms with E-state index in [9.17, 15) is 4.39 Å². The first-order valence-corrected chi connectivity index (χ1v) is 7.77. The molecule has 0 aliphatic carbocycles. The normalized spacial score (nSPS) is 11.3. The van der Waals surface area contributed by atoms with Gasteiger partial charge >= 0.3 is 0 Å². The van der Waals surface area contributed by atoms with Crippen LogP contribution in [0.25, 0.3) is 17.0 Å². The van der Waals surface area contributed by atoms with Crippen molar-refractivity contribution in [1.29, 1.82) is 0 Å². The van der Waals surface area contributed by atoms with Gasteiger partial charge in [0.2, 0.25) is 5.95 Å². The van der Waals surface area contributed by atoms with Crippen molar-refractivity contribution in [2.75, 3.05) is 19.5 Å². The van der Waals surface area contributed by atoms with E-state index in [4.69, 9.17) is 9.15 Å². The lowest BCUT2D eigenvalue weighted by molar-refractivity contribution is 0.415. The summed E-state index contributed by atoms with van der Waals surface area (Å²) in [6.07, 6.45) is 5.17. The van der Waals surface area contributed by atoms with Crippen LogP contribution in [0.2, 0.25) is 0 Å². The molecular weight excluding hydrogens is 307 g/mol. The highest BCUT2D eigenvalue weighted by molar-refractivity contribution is 5.81. The van der Waals surface area contributed by atoms with E-state index in [1.807, 2.05) is 36.4 Å². The molecular formula is C19H19FN2O2. The molecule has 1 aromatic carbocycles. The van der Waals surface area contributed by atoms with Crippen molar-refractivity contribution in [3.05, 3.63) is 59.7 Å². The Hall–Kier alpha value is -2.82. The van der Waals surface area contributed by atoms with Crippen LogP contribution in [0.3, 0.4) is 0 Å². The molecule has 0 aliphatic heterocycles. The van der Waals surface area contributed by atoms with Crippen LogP contribution in [0.5, 0.6) is 5.75 Å². The number of benzene rings is 1. The van der Waals surface area contributed by atoms with Crippen LogP contribution < -0.4 is 10.1 Å². The topological polar surface area (TPSA) is 47.3 Å². The maximum atomic E-state index is 13.8. The average molecular weight is 326 g/mol. The summed E-state index contributed by atoms with van der Waals surface area (Å²) < 4.78 is 24.7. The number of allylic oxidation sites excluding steroid dienone is 1. The Morgan fingerprint density at radius 2 is 2.12 bits per heavy atom. The quantitative estimate of drug-likeness (QED) is 0.669. The number of rotatable bonds is 6. The molecule has 0 atom stereocenters.